The fourth-order valence-electron chi connectivity index (χ4n) is 2.84. The van der Waals surface area contributed by atoms with Gasteiger partial charge in [0.25, 0.3) is 0 Å². The summed E-state index contributed by atoms with van der Waals surface area (Å²) in [5, 5.41) is 9.51. The van der Waals surface area contributed by atoms with Gasteiger partial charge < -0.3 is 9.84 Å². The highest BCUT2D eigenvalue weighted by Crippen LogP contribution is 2.42. The maximum Gasteiger partial charge on any atom is 0.316 e. The number of hydrogen-bond acceptors (Lipinski definition) is 3. The third-order valence-corrected chi connectivity index (χ3v) is 5.08. The largest absolute Gasteiger partial charge is 0.508 e. The zero-order valence-corrected chi connectivity index (χ0v) is 16.0. The number of rotatable bonds is 9. The van der Waals surface area contributed by atoms with Crippen LogP contribution in [0.15, 0.2) is 24.3 Å². The normalized spacial score (nSPS) is 14.2. The van der Waals surface area contributed by atoms with Crippen molar-refractivity contribution >= 4 is 5.97 Å². The zero-order valence-electron chi connectivity index (χ0n) is 16.0. The monoisotopic (exact) mass is 334 g/mol. The number of phenols is 1. The van der Waals surface area contributed by atoms with Gasteiger partial charge in [0.15, 0.2) is 0 Å². The number of esters is 1. The van der Waals surface area contributed by atoms with E-state index in [9.17, 15) is 9.90 Å². The molecule has 0 heterocycles. The fourth-order valence-corrected chi connectivity index (χ4v) is 2.84. The summed E-state index contributed by atoms with van der Waals surface area (Å²) in [4.78, 5) is 12.8. The van der Waals surface area contributed by atoms with Crippen molar-refractivity contribution in [2.45, 2.75) is 78.6 Å². The van der Waals surface area contributed by atoms with Gasteiger partial charge >= 0.3 is 5.97 Å². The van der Waals surface area contributed by atoms with E-state index in [1.165, 1.54) is 25.7 Å². The standard InChI is InChI=1S/C21H34O3/c1-6-7-8-9-10-11-16-24-19(23)21(5,20(2,3)4)17-12-14-18(22)15-13-17/h12-15,22H,6-11,16H2,1-5H3. The van der Waals surface area contributed by atoms with Crippen LogP contribution in [0.4, 0.5) is 0 Å². The average molecular weight is 335 g/mol. The molecule has 1 aromatic carbocycles. The van der Waals surface area contributed by atoms with Crippen LogP contribution in [-0.2, 0) is 14.9 Å². The molecule has 1 N–H and O–H groups in total. The maximum absolute atomic E-state index is 12.8. The molecule has 24 heavy (non-hydrogen) atoms. The number of carbonyl (C=O) groups excluding carboxylic acids is 1. The molecule has 1 atom stereocenters. The molecule has 0 bridgehead atoms. The zero-order chi connectivity index (χ0) is 18.2. The smallest absolute Gasteiger partial charge is 0.316 e. The van der Waals surface area contributed by atoms with Gasteiger partial charge in [0.05, 0.1) is 12.0 Å². The number of phenolic OH excluding ortho intramolecular Hbond substituents is 1. The first-order valence-electron chi connectivity index (χ1n) is 9.20. The summed E-state index contributed by atoms with van der Waals surface area (Å²) in [6, 6.07) is 6.87. The van der Waals surface area contributed by atoms with Crippen molar-refractivity contribution in [3.8, 4) is 5.75 Å². The summed E-state index contributed by atoms with van der Waals surface area (Å²) in [6.45, 7) is 10.8. The molecule has 1 aromatic rings. The molecule has 0 spiro atoms. The molecule has 0 saturated heterocycles. The van der Waals surface area contributed by atoms with Gasteiger partial charge in [0, 0.05) is 0 Å². The predicted octanol–water partition coefficient (Wildman–Crippen LogP) is 5.60. The van der Waals surface area contributed by atoms with Crippen LogP contribution in [0.3, 0.4) is 0 Å². The number of hydrogen-bond donors (Lipinski definition) is 1. The topological polar surface area (TPSA) is 46.5 Å². The number of carbonyl (C=O) groups is 1. The van der Waals surface area contributed by atoms with E-state index >= 15 is 0 Å². The van der Waals surface area contributed by atoms with E-state index in [1.807, 2.05) is 39.8 Å². The van der Waals surface area contributed by atoms with Crippen molar-refractivity contribution in [2.24, 2.45) is 5.41 Å². The minimum atomic E-state index is -0.747. The predicted molar refractivity (Wildman–Crippen MR) is 99.2 cm³/mol. The van der Waals surface area contributed by atoms with Gasteiger partial charge in [0.2, 0.25) is 0 Å². The molecule has 3 nitrogen and oxygen atoms in total. The molecule has 136 valence electrons. The number of benzene rings is 1. The van der Waals surface area contributed by atoms with Crippen molar-refractivity contribution in [1.29, 1.82) is 0 Å². The third kappa shape index (κ3) is 5.25. The highest BCUT2D eigenvalue weighted by Gasteiger charge is 2.47. The van der Waals surface area contributed by atoms with Crippen molar-refractivity contribution < 1.29 is 14.6 Å². The Balaban J connectivity index is 2.68. The molecule has 0 aliphatic carbocycles. The number of unbranched alkanes of at least 4 members (excludes halogenated alkanes) is 5. The van der Waals surface area contributed by atoms with Crippen molar-refractivity contribution in [2.75, 3.05) is 6.61 Å². The van der Waals surface area contributed by atoms with Gasteiger partial charge in [-0.25, -0.2) is 0 Å². The van der Waals surface area contributed by atoms with Crippen molar-refractivity contribution in [1.82, 2.24) is 0 Å². The molecule has 0 aliphatic heterocycles. The lowest BCUT2D eigenvalue weighted by Crippen LogP contribution is -2.45. The Labute approximate surface area is 147 Å². The lowest BCUT2D eigenvalue weighted by molar-refractivity contribution is -0.154. The van der Waals surface area contributed by atoms with E-state index in [1.54, 1.807) is 12.1 Å². The summed E-state index contributed by atoms with van der Waals surface area (Å²) in [7, 11) is 0. The first-order valence-corrected chi connectivity index (χ1v) is 9.20. The van der Waals surface area contributed by atoms with Gasteiger partial charge in [0.1, 0.15) is 5.75 Å². The molecular formula is C21H34O3. The Morgan fingerprint density at radius 2 is 1.50 bits per heavy atom. The molecule has 0 radical (unpaired) electrons. The number of aromatic hydroxyl groups is 1. The summed E-state index contributed by atoms with van der Waals surface area (Å²) >= 11 is 0. The Morgan fingerprint density at radius 3 is 2.04 bits per heavy atom. The molecule has 0 fully saturated rings. The van der Waals surface area contributed by atoms with Gasteiger partial charge in [-0.2, -0.15) is 0 Å². The first kappa shape index (κ1) is 20.5. The fraction of sp³-hybridized carbons (Fsp3) is 0.667. The van der Waals surface area contributed by atoms with Crippen LogP contribution >= 0.6 is 0 Å². The molecule has 0 amide bonds. The maximum atomic E-state index is 12.8. The molecule has 3 heteroatoms. The molecule has 1 unspecified atom stereocenters. The average Bonchev–Trinajstić information content (AvgIpc) is 2.52. The summed E-state index contributed by atoms with van der Waals surface area (Å²) in [5.74, 6) is 0.0182. The van der Waals surface area contributed by atoms with E-state index in [-0.39, 0.29) is 17.1 Å². The van der Waals surface area contributed by atoms with Crippen LogP contribution < -0.4 is 0 Å². The van der Waals surface area contributed by atoms with Crippen molar-refractivity contribution in [3.05, 3.63) is 29.8 Å². The Kier molecular flexibility index (Phi) is 7.78. The number of ether oxygens (including phenoxy) is 1. The van der Waals surface area contributed by atoms with Gasteiger partial charge in [-0.3, -0.25) is 4.79 Å². The second-order valence-corrected chi connectivity index (χ2v) is 7.83. The second-order valence-electron chi connectivity index (χ2n) is 7.83. The second kappa shape index (κ2) is 9.10. The Hall–Kier alpha value is -1.51. The molecule has 1 rings (SSSR count). The summed E-state index contributed by atoms with van der Waals surface area (Å²) < 4.78 is 5.62. The van der Waals surface area contributed by atoms with Gasteiger partial charge in [-0.05, 0) is 36.5 Å². The Morgan fingerprint density at radius 1 is 0.958 bits per heavy atom. The molecule has 0 aromatic heterocycles. The minimum absolute atomic E-state index is 0.186. The molecule has 0 saturated carbocycles. The Bertz CT molecular complexity index is 499. The van der Waals surface area contributed by atoms with E-state index in [0.29, 0.717) is 6.61 Å². The third-order valence-electron chi connectivity index (χ3n) is 5.08. The quantitative estimate of drug-likeness (QED) is 0.472. The molecular weight excluding hydrogens is 300 g/mol. The highest BCUT2D eigenvalue weighted by atomic mass is 16.5. The van der Waals surface area contributed by atoms with Crippen LogP contribution in [0.25, 0.3) is 0 Å². The highest BCUT2D eigenvalue weighted by molar-refractivity contribution is 5.84. The van der Waals surface area contributed by atoms with Crippen LogP contribution in [0.2, 0.25) is 0 Å². The lowest BCUT2D eigenvalue weighted by atomic mass is 9.64. The first-order chi connectivity index (χ1) is 11.2. The SMILES string of the molecule is CCCCCCCCOC(=O)C(C)(c1ccc(O)cc1)C(C)(C)C. The van der Waals surface area contributed by atoms with Crippen molar-refractivity contribution in [3.63, 3.8) is 0 Å². The van der Waals surface area contributed by atoms with Crippen LogP contribution in [0, 0.1) is 5.41 Å². The van der Waals surface area contributed by atoms with Gasteiger partial charge in [-0.15, -0.1) is 0 Å². The summed E-state index contributed by atoms with van der Waals surface area (Å²) in [5.41, 5.74) is -0.161. The van der Waals surface area contributed by atoms with E-state index in [2.05, 4.69) is 6.92 Å². The van der Waals surface area contributed by atoms with Crippen LogP contribution in [0.1, 0.15) is 78.7 Å². The van der Waals surface area contributed by atoms with Gasteiger partial charge in [-0.1, -0.05) is 71.9 Å². The minimum Gasteiger partial charge on any atom is -0.508 e. The van der Waals surface area contributed by atoms with Crippen LogP contribution in [-0.4, -0.2) is 17.7 Å². The van der Waals surface area contributed by atoms with E-state index < -0.39 is 5.41 Å². The van der Waals surface area contributed by atoms with E-state index in [4.69, 9.17) is 4.74 Å². The molecule has 0 aliphatic rings. The van der Waals surface area contributed by atoms with Crippen LogP contribution in [0.5, 0.6) is 5.75 Å². The van der Waals surface area contributed by atoms with E-state index in [0.717, 1.165) is 18.4 Å². The lowest BCUT2D eigenvalue weighted by Gasteiger charge is -2.40. The summed E-state index contributed by atoms with van der Waals surface area (Å²) in [6.07, 6.45) is 7.02.